The van der Waals surface area contributed by atoms with Crippen LogP contribution in [0.25, 0.3) is 0 Å². The normalized spacial score (nSPS) is 9.58. The van der Waals surface area contributed by atoms with Crippen LogP contribution in [0.4, 0.5) is 4.79 Å². The van der Waals surface area contributed by atoms with Crippen molar-refractivity contribution in [1.82, 2.24) is 0 Å². The fourth-order valence-corrected chi connectivity index (χ4v) is 1.49. The summed E-state index contributed by atoms with van der Waals surface area (Å²) in [5, 5.41) is 0.552. The Labute approximate surface area is 87.5 Å². The molecule has 1 rings (SSSR count). The summed E-state index contributed by atoms with van der Waals surface area (Å²) in [7, 11) is 0. The molecule has 0 amide bonds. The fourth-order valence-electron chi connectivity index (χ4n) is 0.644. The quantitative estimate of drug-likeness (QED) is 0.724. The molecule has 0 saturated heterocycles. The molecule has 0 saturated carbocycles. The zero-order valence-corrected chi connectivity index (χ0v) is 8.78. The van der Waals surface area contributed by atoms with Gasteiger partial charge in [0.2, 0.25) is 0 Å². The Bertz CT molecular complexity index is 314. The maximum Gasteiger partial charge on any atom is 0.409 e. The number of benzene rings is 1. The topological polar surface area (TPSA) is 26.3 Å². The maximum atomic E-state index is 10.3. The first-order valence-corrected chi connectivity index (χ1v) is 4.47. The molecule has 0 heterocycles. The molecule has 0 aliphatic rings. The van der Waals surface area contributed by atoms with Crippen molar-refractivity contribution in [3.05, 3.63) is 27.7 Å². The van der Waals surface area contributed by atoms with E-state index < -0.39 is 5.43 Å². The Morgan fingerprint density at radius 3 is 2.67 bits per heavy atom. The van der Waals surface area contributed by atoms with E-state index in [1.54, 1.807) is 18.2 Å². The molecule has 64 valence electrons. The van der Waals surface area contributed by atoms with Gasteiger partial charge in [0.25, 0.3) is 0 Å². The van der Waals surface area contributed by atoms with Gasteiger partial charge in [-0.1, -0.05) is 11.6 Å². The Morgan fingerprint density at radius 1 is 1.50 bits per heavy atom. The SMILES string of the molecule is O=C(Cl)Oc1ccc(Cl)cc1Br. The number of hydrogen-bond acceptors (Lipinski definition) is 2. The average molecular weight is 270 g/mol. The minimum absolute atomic E-state index is 0.347. The highest BCUT2D eigenvalue weighted by molar-refractivity contribution is 9.10. The van der Waals surface area contributed by atoms with E-state index >= 15 is 0 Å². The summed E-state index contributed by atoms with van der Waals surface area (Å²) in [4.78, 5) is 10.3. The molecule has 2 nitrogen and oxygen atoms in total. The van der Waals surface area contributed by atoms with E-state index in [2.05, 4.69) is 20.7 Å². The average Bonchev–Trinajstić information content (AvgIpc) is 1.94. The van der Waals surface area contributed by atoms with Crippen LogP contribution in [0.2, 0.25) is 5.02 Å². The lowest BCUT2D eigenvalue weighted by Gasteiger charge is -2.01. The van der Waals surface area contributed by atoms with Gasteiger partial charge in [-0.2, -0.15) is 0 Å². The van der Waals surface area contributed by atoms with Gasteiger partial charge in [-0.25, -0.2) is 4.79 Å². The highest BCUT2D eigenvalue weighted by Gasteiger charge is 2.04. The molecule has 0 radical (unpaired) electrons. The zero-order chi connectivity index (χ0) is 9.14. The van der Waals surface area contributed by atoms with Crippen molar-refractivity contribution >= 4 is 44.6 Å². The van der Waals surface area contributed by atoms with Gasteiger partial charge in [0.15, 0.2) is 0 Å². The minimum Gasteiger partial charge on any atom is -0.413 e. The summed E-state index contributed by atoms with van der Waals surface area (Å²) in [5.74, 6) is 0.347. The molecule has 1 aromatic rings. The molecule has 0 unspecified atom stereocenters. The van der Waals surface area contributed by atoms with Crippen molar-refractivity contribution in [2.24, 2.45) is 0 Å². The predicted molar refractivity (Wildman–Crippen MR) is 51.0 cm³/mol. The molecule has 0 bridgehead atoms. The molecule has 5 heteroatoms. The van der Waals surface area contributed by atoms with Gasteiger partial charge >= 0.3 is 5.43 Å². The van der Waals surface area contributed by atoms with Gasteiger partial charge in [0.05, 0.1) is 4.47 Å². The summed E-state index contributed by atoms with van der Waals surface area (Å²) < 4.78 is 5.21. The molecule has 0 N–H and O–H groups in total. The second-order valence-electron chi connectivity index (χ2n) is 1.91. The summed E-state index contributed by atoms with van der Waals surface area (Å²) in [5.41, 5.74) is -0.877. The molecule has 0 spiro atoms. The van der Waals surface area contributed by atoms with E-state index in [9.17, 15) is 4.79 Å². The lowest BCUT2D eigenvalue weighted by atomic mass is 10.3. The van der Waals surface area contributed by atoms with Crippen LogP contribution < -0.4 is 4.74 Å². The van der Waals surface area contributed by atoms with Gasteiger partial charge in [-0.05, 0) is 34.1 Å². The Balaban J connectivity index is 2.93. The predicted octanol–water partition coefficient (Wildman–Crippen LogP) is 3.84. The van der Waals surface area contributed by atoms with Crippen LogP contribution in [0, 0.1) is 0 Å². The number of halogens is 3. The highest BCUT2D eigenvalue weighted by atomic mass is 79.9. The summed E-state index contributed by atoms with van der Waals surface area (Å²) in [6.45, 7) is 0. The van der Waals surface area contributed by atoms with Crippen molar-refractivity contribution in [1.29, 1.82) is 0 Å². The van der Waals surface area contributed by atoms with Gasteiger partial charge in [-0.15, -0.1) is 0 Å². The summed E-state index contributed by atoms with van der Waals surface area (Å²) in [6.07, 6.45) is 0. The monoisotopic (exact) mass is 268 g/mol. The number of carbonyl (C=O) groups is 1. The number of rotatable bonds is 1. The number of carbonyl (C=O) groups excluding carboxylic acids is 1. The molecule has 1 aromatic carbocycles. The minimum atomic E-state index is -0.877. The van der Waals surface area contributed by atoms with Crippen molar-refractivity contribution < 1.29 is 9.53 Å². The van der Waals surface area contributed by atoms with Crippen LogP contribution in [0.5, 0.6) is 5.75 Å². The van der Waals surface area contributed by atoms with Crippen LogP contribution in [0.15, 0.2) is 22.7 Å². The van der Waals surface area contributed by atoms with Gasteiger partial charge < -0.3 is 4.74 Å². The lowest BCUT2D eigenvalue weighted by Crippen LogP contribution is -1.96. The first-order valence-electron chi connectivity index (χ1n) is 2.92. The molecular weight excluding hydrogens is 267 g/mol. The number of ether oxygens (including phenoxy) is 1. The van der Waals surface area contributed by atoms with E-state index in [-0.39, 0.29) is 0 Å². The largest absolute Gasteiger partial charge is 0.413 e. The zero-order valence-electron chi connectivity index (χ0n) is 5.68. The van der Waals surface area contributed by atoms with Crippen LogP contribution in [-0.2, 0) is 0 Å². The lowest BCUT2D eigenvalue weighted by molar-refractivity contribution is 0.225. The van der Waals surface area contributed by atoms with Crippen LogP contribution in [-0.4, -0.2) is 5.43 Å². The van der Waals surface area contributed by atoms with Crippen LogP contribution >= 0.6 is 39.1 Å². The van der Waals surface area contributed by atoms with Crippen molar-refractivity contribution in [3.63, 3.8) is 0 Å². The van der Waals surface area contributed by atoms with E-state index in [1.807, 2.05) is 0 Å². The molecule has 0 fully saturated rings. The van der Waals surface area contributed by atoms with Gasteiger partial charge in [-0.3, -0.25) is 0 Å². The number of hydrogen-bond donors (Lipinski definition) is 0. The molecular formula is C7H3BrCl2O2. The van der Waals surface area contributed by atoms with Crippen LogP contribution in [0.1, 0.15) is 0 Å². The highest BCUT2D eigenvalue weighted by Crippen LogP contribution is 2.28. The van der Waals surface area contributed by atoms with Crippen molar-refractivity contribution in [2.75, 3.05) is 0 Å². The second kappa shape index (κ2) is 4.12. The Morgan fingerprint density at radius 2 is 2.17 bits per heavy atom. The van der Waals surface area contributed by atoms with E-state index in [4.69, 9.17) is 23.2 Å². The molecule has 12 heavy (non-hydrogen) atoms. The van der Waals surface area contributed by atoms with Crippen molar-refractivity contribution in [2.45, 2.75) is 0 Å². The Kier molecular flexibility index (Phi) is 3.38. The third-order valence-electron chi connectivity index (χ3n) is 1.08. The maximum absolute atomic E-state index is 10.3. The fraction of sp³-hybridized carbons (Fsp3) is 0. The molecule has 0 aliphatic carbocycles. The standard InChI is InChI=1S/C7H3BrCl2O2/c8-5-3-4(9)1-2-6(5)12-7(10)11/h1-3H. The van der Waals surface area contributed by atoms with Gasteiger partial charge in [0.1, 0.15) is 5.75 Å². The van der Waals surface area contributed by atoms with Crippen molar-refractivity contribution in [3.8, 4) is 5.75 Å². The first kappa shape index (κ1) is 9.84. The molecule has 0 aliphatic heterocycles. The third-order valence-corrected chi connectivity index (χ3v) is 2.02. The van der Waals surface area contributed by atoms with E-state index in [0.717, 1.165) is 0 Å². The molecule has 0 aromatic heterocycles. The third kappa shape index (κ3) is 2.66. The van der Waals surface area contributed by atoms with Crippen LogP contribution in [0.3, 0.4) is 0 Å². The van der Waals surface area contributed by atoms with Gasteiger partial charge in [0, 0.05) is 16.6 Å². The smallest absolute Gasteiger partial charge is 0.409 e. The summed E-state index contributed by atoms with van der Waals surface area (Å²) in [6, 6.07) is 4.75. The Hall–Kier alpha value is -0.250. The summed E-state index contributed by atoms with van der Waals surface area (Å²) >= 11 is 13.8. The molecule has 0 atom stereocenters. The second-order valence-corrected chi connectivity index (χ2v) is 3.51. The first-order chi connectivity index (χ1) is 5.59. The van der Waals surface area contributed by atoms with E-state index in [1.165, 1.54) is 0 Å². The van der Waals surface area contributed by atoms with E-state index in [0.29, 0.717) is 15.2 Å².